The molecule has 1 atom stereocenters. The van der Waals surface area contributed by atoms with Crippen molar-refractivity contribution in [3.63, 3.8) is 0 Å². The molecular formula is C24H28N4O4S. The van der Waals surface area contributed by atoms with E-state index in [2.05, 4.69) is 10.6 Å². The zero-order valence-electron chi connectivity index (χ0n) is 18.5. The summed E-state index contributed by atoms with van der Waals surface area (Å²) in [5, 5.41) is 14.1. The van der Waals surface area contributed by atoms with Crippen LogP contribution in [-0.4, -0.2) is 57.2 Å². The summed E-state index contributed by atoms with van der Waals surface area (Å²) < 4.78 is 23.3. The number of benzene rings is 2. The van der Waals surface area contributed by atoms with Crippen LogP contribution in [0.25, 0.3) is 0 Å². The smallest absolute Gasteiger partial charge is 0.318 e. The van der Waals surface area contributed by atoms with E-state index >= 15 is 0 Å². The SMILES string of the molecule is CS(=O)(=O)c1ccc(C2CCN(C(=O)NC(Cc3ccccc3)C(=O)NCC#N)CC2)cc1. The second-order valence-electron chi connectivity index (χ2n) is 8.17. The van der Waals surface area contributed by atoms with Crippen LogP contribution in [0, 0.1) is 11.3 Å². The maximum atomic E-state index is 12.9. The number of rotatable bonds is 7. The Morgan fingerprint density at radius 1 is 1.09 bits per heavy atom. The monoisotopic (exact) mass is 468 g/mol. The van der Waals surface area contributed by atoms with Gasteiger partial charge in [0.05, 0.1) is 11.0 Å². The van der Waals surface area contributed by atoms with Gasteiger partial charge in [-0.05, 0) is 42.0 Å². The lowest BCUT2D eigenvalue weighted by molar-refractivity contribution is -0.122. The topological polar surface area (TPSA) is 119 Å². The summed E-state index contributed by atoms with van der Waals surface area (Å²) in [7, 11) is -3.23. The molecule has 1 fully saturated rings. The molecule has 9 heteroatoms. The Labute approximate surface area is 194 Å². The molecule has 8 nitrogen and oxygen atoms in total. The number of carbonyl (C=O) groups excluding carboxylic acids is 2. The quantitative estimate of drug-likeness (QED) is 0.604. The predicted molar refractivity (Wildman–Crippen MR) is 124 cm³/mol. The van der Waals surface area contributed by atoms with Crippen LogP contribution in [0.1, 0.15) is 29.9 Å². The van der Waals surface area contributed by atoms with Crippen LogP contribution >= 0.6 is 0 Å². The molecule has 0 radical (unpaired) electrons. The number of nitrogens with one attached hydrogen (secondary N) is 2. The second kappa shape index (κ2) is 11.0. The Balaban J connectivity index is 1.59. The van der Waals surface area contributed by atoms with Crippen molar-refractivity contribution in [1.82, 2.24) is 15.5 Å². The first-order valence-corrected chi connectivity index (χ1v) is 12.7. The zero-order chi connectivity index (χ0) is 23.8. The van der Waals surface area contributed by atoms with E-state index in [0.717, 1.165) is 24.0 Å². The van der Waals surface area contributed by atoms with Gasteiger partial charge in [0.2, 0.25) is 5.91 Å². The molecule has 1 unspecified atom stereocenters. The second-order valence-corrected chi connectivity index (χ2v) is 10.2. The molecule has 2 aromatic carbocycles. The van der Waals surface area contributed by atoms with Crippen LogP contribution in [0.15, 0.2) is 59.5 Å². The van der Waals surface area contributed by atoms with Crippen LogP contribution < -0.4 is 10.6 Å². The Hall–Kier alpha value is -3.38. The van der Waals surface area contributed by atoms with E-state index < -0.39 is 21.8 Å². The van der Waals surface area contributed by atoms with Crippen LogP contribution in [0.5, 0.6) is 0 Å². The first-order chi connectivity index (χ1) is 15.8. The summed E-state index contributed by atoms with van der Waals surface area (Å²) in [4.78, 5) is 27.4. The molecule has 2 N–H and O–H groups in total. The van der Waals surface area contributed by atoms with Gasteiger partial charge in [0, 0.05) is 25.8 Å². The molecule has 0 saturated carbocycles. The van der Waals surface area contributed by atoms with E-state index in [-0.39, 0.29) is 18.5 Å². The van der Waals surface area contributed by atoms with Gasteiger partial charge in [-0.2, -0.15) is 5.26 Å². The summed E-state index contributed by atoms with van der Waals surface area (Å²) >= 11 is 0. The molecule has 0 spiro atoms. The highest BCUT2D eigenvalue weighted by molar-refractivity contribution is 7.90. The van der Waals surface area contributed by atoms with E-state index in [1.807, 2.05) is 48.5 Å². The molecule has 0 bridgehead atoms. The number of likely N-dealkylation sites (tertiary alicyclic amines) is 1. The Kier molecular flexibility index (Phi) is 8.06. The number of urea groups is 1. The van der Waals surface area contributed by atoms with Gasteiger partial charge in [-0.3, -0.25) is 4.79 Å². The lowest BCUT2D eigenvalue weighted by Gasteiger charge is -2.33. The fraction of sp³-hybridized carbons (Fsp3) is 0.375. The minimum atomic E-state index is -3.23. The summed E-state index contributed by atoms with van der Waals surface area (Å²) in [6.45, 7) is 0.938. The number of amides is 3. The Bertz CT molecular complexity index is 1100. The fourth-order valence-corrected chi connectivity index (χ4v) is 4.58. The molecule has 2 aromatic rings. The number of piperidine rings is 1. The maximum Gasteiger partial charge on any atom is 0.318 e. The lowest BCUT2D eigenvalue weighted by atomic mass is 9.89. The first kappa shape index (κ1) is 24.3. The molecule has 3 rings (SSSR count). The molecule has 1 aliphatic heterocycles. The first-order valence-electron chi connectivity index (χ1n) is 10.8. The van der Waals surface area contributed by atoms with Crippen LogP contribution in [0.3, 0.4) is 0 Å². The van der Waals surface area contributed by atoms with Gasteiger partial charge < -0.3 is 15.5 Å². The minimum absolute atomic E-state index is 0.122. The molecule has 3 amide bonds. The lowest BCUT2D eigenvalue weighted by Crippen LogP contribution is -2.53. The summed E-state index contributed by atoms with van der Waals surface area (Å²) in [5.74, 6) is -0.156. The predicted octanol–water partition coefficient (Wildman–Crippen LogP) is 2.23. The molecule has 1 aliphatic rings. The highest BCUT2D eigenvalue weighted by Crippen LogP contribution is 2.28. The third kappa shape index (κ3) is 6.80. The number of carbonyl (C=O) groups is 2. The largest absolute Gasteiger partial charge is 0.341 e. The highest BCUT2D eigenvalue weighted by Gasteiger charge is 2.27. The van der Waals surface area contributed by atoms with Gasteiger partial charge >= 0.3 is 6.03 Å². The number of hydrogen-bond donors (Lipinski definition) is 2. The third-order valence-electron chi connectivity index (χ3n) is 5.80. The van der Waals surface area contributed by atoms with Crippen LogP contribution in [0.4, 0.5) is 4.79 Å². The molecule has 174 valence electrons. The normalized spacial score (nSPS) is 15.3. The fourth-order valence-electron chi connectivity index (χ4n) is 3.95. The van der Waals surface area contributed by atoms with Gasteiger partial charge in [0.25, 0.3) is 0 Å². The van der Waals surface area contributed by atoms with Crippen molar-refractivity contribution >= 4 is 21.8 Å². The summed E-state index contributed by atoms with van der Waals surface area (Å²) in [5.41, 5.74) is 1.96. The van der Waals surface area contributed by atoms with Gasteiger partial charge in [0.1, 0.15) is 12.6 Å². The van der Waals surface area contributed by atoms with Gasteiger partial charge in [0.15, 0.2) is 9.84 Å². The van der Waals surface area contributed by atoms with E-state index in [4.69, 9.17) is 5.26 Å². The number of sulfone groups is 1. The van der Waals surface area contributed by atoms with E-state index in [1.54, 1.807) is 17.0 Å². The molecule has 1 saturated heterocycles. The van der Waals surface area contributed by atoms with Gasteiger partial charge in [-0.25, -0.2) is 13.2 Å². The molecule has 0 aliphatic carbocycles. The molecule has 33 heavy (non-hydrogen) atoms. The van der Waals surface area contributed by atoms with E-state index in [9.17, 15) is 18.0 Å². The molecule has 0 aromatic heterocycles. The standard InChI is InChI=1S/C24H28N4O4S/c1-33(31,32)21-9-7-19(8-10-21)20-11-15-28(16-12-20)24(30)27-22(23(29)26-14-13-25)17-18-5-3-2-4-6-18/h2-10,20,22H,11-12,14-17H2,1H3,(H,26,29)(H,27,30). The van der Waals surface area contributed by atoms with E-state index in [1.165, 1.54) is 6.26 Å². The van der Waals surface area contributed by atoms with Crippen molar-refractivity contribution in [3.8, 4) is 6.07 Å². The maximum absolute atomic E-state index is 12.9. The van der Waals surface area contributed by atoms with Crippen molar-refractivity contribution < 1.29 is 18.0 Å². The third-order valence-corrected chi connectivity index (χ3v) is 6.93. The Morgan fingerprint density at radius 2 is 1.73 bits per heavy atom. The number of nitrogens with zero attached hydrogens (tertiary/aromatic N) is 2. The van der Waals surface area contributed by atoms with Crippen LogP contribution in [0.2, 0.25) is 0 Å². The van der Waals surface area contributed by atoms with Crippen LogP contribution in [-0.2, 0) is 21.1 Å². The Morgan fingerprint density at radius 3 is 2.30 bits per heavy atom. The van der Waals surface area contributed by atoms with Gasteiger partial charge in [-0.1, -0.05) is 42.5 Å². The number of nitriles is 1. The highest BCUT2D eigenvalue weighted by atomic mass is 32.2. The van der Waals surface area contributed by atoms with Crippen molar-refractivity contribution in [2.24, 2.45) is 0 Å². The average Bonchev–Trinajstić information content (AvgIpc) is 2.82. The minimum Gasteiger partial charge on any atom is -0.341 e. The average molecular weight is 469 g/mol. The van der Waals surface area contributed by atoms with Crippen molar-refractivity contribution in [1.29, 1.82) is 5.26 Å². The molecular weight excluding hydrogens is 440 g/mol. The van der Waals surface area contributed by atoms with Crippen molar-refractivity contribution in [3.05, 3.63) is 65.7 Å². The van der Waals surface area contributed by atoms with Crippen molar-refractivity contribution in [2.75, 3.05) is 25.9 Å². The summed E-state index contributed by atoms with van der Waals surface area (Å²) in [6, 6.07) is 17.1. The zero-order valence-corrected chi connectivity index (χ0v) is 19.3. The van der Waals surface area contributed by atoms with Crippen molar-refractivity contribution in [2.45, 2.75) is 36.1 Å². The van der Waals surface area contributed by atoms with Gasteiger partial charge in [-0.15, -0.1) is 0 Å². The van der Waals surface area contributed by atoms with E-state index in [0.29, 0.717) is 24.4 Å². The summed E-state index contributed by atoms with van der Waals surface area (Å²) in [6.07, 6.45) is 3.00. The number of hydrogen-bond acceptors (Lipinski definition) is 5. The molecule has 1 heterocycles.